The van der Waals surface area contributed by atoms with Crippen LogP contribution in [0.3, 0.4) is 0 Å². The number of allylic oxidation sites excluding steroid dienone is 2. The van der Waals surface area contributed by atoms with E-state index in [-0.39, 0.29) is 0 Å². The van der Waals surface area contributed by atoms with Gasteiger partial charge in [-0.1, -0.05) is 101 Å². The van der Waals surface area contributed by atoms with Crippen LogP contribution in [0.4, 0.5) is 0 Å². The molecule has 0 atom stereocenters. The summed E-state index contributed by atoms with van der Waals surface area (Å²) in [7, 11) is 0. The van der Waals surface area contributed by atoms with Crippen molar-refractivity contribution in [2.24, 2.45) is 5.73 Å². The van der Waals surface area contributed by atoms with E-state index in [0.717, 1.165) is 12.8 Å². The number of aliphatic carboxylic acids is 1. The Labute approximate surface area is 173 Å². The van der Waals surface area contributed by atoms with Gasteiger partial charge in [0, 0.05) is 13.0 Å². The summed E-state index contributed by atoms with van der Waals surface area (Å²) in [5.41, 5.74) is 6.54. The normalized spacial score (nSPS) is 10.6. The van der Waals surface area contributed by atoms with E-state index >= 15 is 0 Å². The van der Waals surface area contributed by atoms with Gasteiger partial charge in [-0.2, -0.15) is 0 Å². The lowest BCUT2D eigenvalue weighted by atomic mass is 10.1. The van der Waals surface area contributed by atoms with Gasteiger partial charge in [0.25, 0.3) is 0 Å². The number of carboxylic acid groups (broad SMARTS) is 1. The molecule has 0 bridgehead atoms. The Morgan fingerprint density at radius 3 is 1.79 bits per heavy atom. The number of nitrogens with two attached hydrogens (primary N) is 1. The van der Waals surface area contributed by atoms with Crippen LogP contribution >= 0.6 is 0 Å². The molecule has 0 aliphatic rings. The maximum Gasteiger partial charge on any atom is 0.303 e. The largest absolute Gasteiger partial charge is 0.481 e. The van der Waals surface area contributed by atoms with E-state index < -0.39 is 5.97 Å². The van der Waals surface area contributed by atoms with E-state index in [2.05, 4.69) is 19.1 Å². The van der Waals surface area contributed by atoms with Crippen molar-refractivity contribution in [3.63, 3.8) is 0 Å². The minimum atomic E-state index is -0.664. The van der Waals surface area contributed by atoms with Crippen LogP contribution in [0.2, 0.25) is 0 Å². The van der Waals surface area contributed by atoms with Gasteiger partial charge < -0.3 is 10.8 Å². The van der Waals surface area contributed by atoms with E-state index in [1.165, 1.54) is 76.2 Å². The molecule has 0 saturated heterocycles. The Morgan fingerprint density at radius 1 is 0.821 bits per heavy atom. The van der Waals surface area contributed by atoms with Crippen molar-refractivity contribution in [2.75, 3.05) is 0 Å². The summed E-state index contributed by atoms with van der Waals surface area (Å²) in [4.78, 5) is 10.3. The van der Waals surface area contributed by atoms with Crippen LogP contribution in [0, 0.1) is 0 Å². The van der Waals surface area contributed by atoms with Crippen molar-refractivity contribution in [2.45, 2.75) is 103 Å². The third-order valence-corrected chi connectivity index (χ3v) is 4.73. The van der Waals surface area contributed by atoms with Crippen LogP contribution in [0.15, 0.2) is 42.5 Å². The molecule has 3 N–H and O–H groups in total. The second-order valence-electron chi connectivity index (χ2n) is 7.42. The smallest absolute Gasteiger partial charge is 0.303 e. The van der Waals surface area contributed by atoms with Gasteiger partial charge in [0.15, 0.2) is 0 Å². The molecule has 0 aliphatic heterocycles. The molecule has 3 nitrogen and oxygen atoms in total. The first kappa shape index (κ1) is 26.4. The van der Waals surface area contributed by atoms with Crippen LogP contribution in [0.5, 0.6) is 0 Å². The highest BCUT2D eigenvalue weighted by Crippen LogP contribution is 2.09. The zero-order chi connectivity index (χ0) is 20.7. The summed E-state index contributed by atoms with van der Waals surface area (Å²) in [5.74, 6) is -0.664. The average molecular weight is 390 g/mol. The fraction of sp³-hybridized carbons (Fsp3) is 0.640. The summed E-state index contributed by atoms with van der Waals surface area (Å²) < 4.78 is 0. The van der Waals surface area contributed by atoms with E-state index in [4.69, 9.17) is 10.8 Å². The number of hydrogen-bond acceptors (Lipinski definition) is 2. The van der Waals surface area contributed by atoms with Gasteiger partial charge in [-0.05, 0) is 37.7 Å². The van der Waals surface area contributed by atoms with Crippen LogP contribution in [0.1, 0.15) is 102 Å². The fourth-order valence-electron chi connectivity index (χ4n) is 2.96. The maximum absolute atomic E-state index is 10.3. The van der Waals surface area contributed by atoms with Gasteiger partial charge in [0.05, 0.1) is 0 Å². The lowest BCUT2D eigenvalue weighted by Crippen LogP contribution is -1.94. The quantitative estimate of drug-likeness (QED) is 0.231. The third-order valence-electron chi connectivity index (χ3n) is 4.73. The monoisotopic (exact) mass is 389 g/mol. The number of hydrogen-bond donors (Lipinski definition) is 2. The van der Waals surface area contributed by atoms with Gasteiger partial charge in [0.1, 0.15) is 0 Å². The second-order valence-corrected chi connectivity index (χ2v) is 7.42. The van der Waals surface area contributed by atoms with Crippen molar-refractivity contribution < 1.29 is 9.90 Å². The molecule has 0 unspecified atom stereocenters. The molecule has 0 radical (unpaired) electrons. The molecule has 1 rings (SSSR count). The zero-order valence-corrected chi connectivity index (χ0v) is 18.1. The summed E-state index contributed by atoms with van der Waals surface area (Å²) in [5, 5.41) is 8.51. The zero-order valence-electron chi connectivity index (χ0n) is 18.1. The fourth-order valence-corrected chi connectivity index (χ4v) is 2.96. The first-order valence-electron chi connectivity index (χ1n) is 11.3. The summed E-state index contributed by atoms with van der Waals surface area (Å²) in [6.07, 6.45) is 21.2. The number of carbonyl (C=O) groups is 1. The predicted molar refractivity (Wildman–Crippen MR) is 121 cm³/mol. The highest BCUT2D eigenvalue weighted by molar-refractivity contribution is 5.66. The Morgan fingerprint density at radius 2 is 1.32 bits per heavy atom. The number of carboxylic acids is 1. The number of rotatable bonds is 16. The van der Waals surface area contributed by atoms with Gasteiger partial charge >= 0.3 is 5.97 Å². The molecule has 0 heterocycles. The Balaban J connectivity index is 0.000000749. The van der Waals surface area contributed by atoms with Crippen molar-refractivity contribution in [3.05, 3.63) is 48.0 Å². The van der Waals surface area contributed by atoms with Crippen LogP contribution in [-0.2, 0) is 11.3 Å². The molecule has 1 aromatic rings. The Kier molecular flexibility index (Phi) is 20.4. The standard InChI is InChI=1S/C18H34O2.C7H9N/c1-2-3-4-5-6-7-8-9-10-11-12-13-14-15-16-17-18(19)20;8-6-7-4-2-1-3-5-7/h9-10H,2-8,11-17H2,1H3,(H,19,20);1-5H,6,8H2. The number of unbranched alkanes of at least 4 members (excludes halogenated alkanes) is 11. The third kappa shape index (κ3) is 20.7. The average Bonchev–Trinajstić information content (AvgIpc) is 2.72. The number of benzene rings is 1. The highest BCUT2D eigenvalue weighted by Gasteiger charge is 1.95. The molecule has 0 aromatic heterocycles. The Bertz CT molecular complexity index is 471. The lowest BCUT2D eigenvalue weighted by Gasteiger charge is -1.99. The molecular formula is C25H43NO2. The van der Waals surface area contributed by atoms with Gasteiger partial charge in [-0.15, -0.1) is 0 Å². The second kappa shape index (κ2) is 21.7. The van der Waals surface area contributed by atoms with E-state index in [9.17, 15) is 4.79 Å². The van der Waals surface area contributed by atoms with Crippen LogP contribution in [-0.4, -0.2) is 11.1 Å². The van der Waals surface area contributed by atoms with E-state index in [0.29, 0.717) is 13.0 Å². The molecular weight excluding hydrogens is 346 g/mol. The molecule has 28 heavy (non-hydrogen) atoms. The van der Waals surface area contributed by atoms with Gasteiger partial charge in [0.2, 0.25) is 0 Å². The first-order valence-corrected chi connectivity index (χ1v) is 11.3. The van der Waals surface area contributed by atoms with Crippen molar-refractivity contribution >= 4 is 5.97 Å². The molecule has 0 spiro atoms. The van der Waals surface area contributed by atoms with Crippen LogP contribution in [0.25, 0.3) is 0 Å². The Hall–Kier alpha value is -1.61. The molecule has 3 heteroatoms. The first-order chi connectivity index (χ1) is 13.7. The van der Waals surface area contributed by atoms with Crippen molar-refractivity contribution in [3.8, 4) is 0 Å². The molecule has 0 fully saturated rings. The molecule has 0 saturated carbocycles. The van der Waals surface area contributed by atoms with Crippen molar-refractivity contribution in [1.82, 2.24) is 0 Å². The van der Waals surface area contributed by atoms with E-state index in [1.54, 1.807) is 0 Å². The summed E-state index contributed by atoms with van der Waals surface area (Å²) in [6.45, 7) is 2.90. The van der Waals surface area contributed by atoms with Gasteiger partial charge in [-0.3, -0.25) is 4.79 Å². The van der Waals surface area contributed by atoms with Crippen LogP contribution < -0.4 is 5.73 Å². The lowest BCUT2D eigenvalue weighted by molar-refractivity contribution is -0.137. The molecule has 0 amide bonds. The molecule has 1 aromatic carbocycles. The topological polar surface area (TPSA) is 63.3 Å². The molecule has 0 aliphatic carbocycles. The highest BCUT2D eigenvalue weighted by atomic mass is 16.4. The minimum Gasteiger partial charge on any atom is -0.481 e. The summed E-state index contributed by atoms with van der Waals surface area (Å²) in [6, 6.07) is 9.99. The summed E-state index contributed by atoms with van der Waals surface area (Å²) >= 11 is 0. The molecule has 160 valence electrons. The predicted octanol–water partition coefficient (Wildman–Crippen LogP) is 7.25. The van der Waals surface area contributed by atoms with E-state index in [1.807, 2.05) is 30.3 Å². The van der Waals surface area contributed by atoms with Crippen molar-refractivity contribution in [1.29, 1.82) is 0 Å². The SMILES string of the molecule is CCCCCCCCC=CCCCCCCCC(=O)O.NCc1ccccc1. The minimum absolute atomic E-state index is 0.332. The van der Waals surface area contributed by atoms with Gasteiger partial charge in [-0.25, -0.2) is 0 Å². The maximum atomic E-state index is 10.3.